The first kappa shape index (κ1) is 18.1. The summed E-state index contributed by atoms with van der Waals surface area (Å²) in [7, 11) is 0. The van der Waals surface area contributed by atoms with Gasteiger partial charge >= 0.3 is 0 Å². The van der Waals surface area contributed by atoms with Crippen LogP contribution >= 0.6 is 11.8 Å². The first-order valence-electron chi connectivity index (χ1n) is 10.2. The van der Waals surface area contributed by atoms with E-state index in [4.69, 9.17) is 0 Å². The van der Waals surface area contributed by atoms with Crippen molar-refractivity contribution < 1.29 is 5.11 Å². The van der Waals surface area contributed by atoms with Crippen molar-refractivity contribution in [2.45, 2.75) is 53.4 Å². The van der Waals surface area contributed by atoms with Gasteiger partial charge in [0, 0.05) is 20.5 Å². The maximum Gasteiger partial charge on any atom is 0.0701 e. The third kappa shape index (κ3) is 3.02. The van der Waals surface area contributed by atoms with E-state index in [0.717, 1.165) is 31.2 Å². The number of thioether (sulfide) groups is 1. The Morgan fingerprint density at radius 1 is 1.04 bits per heavy atom. The number of hydrogen-bond acceptors (Lipinski definition) is 3. The van der Waals surface area contributed by atoms with Crippen molar-refractivity contribution in [1.29, 1.82) is 0 Å². The van der Waals surface area contributed by atoms with Crippen molar-refractivity contribution in [3.63, 3.8) is 0 Å². The molecule has 4 bridgehead atoms. The van der Waals surface area contributed by atoms with Crippen molar-refractivity contribution in [1.82, 2.24) is 0 Å². The minimum absolute atomic E-state index is 0.00634. The van der Waals surface area contributed by atoms with E-state index < -0.39 is 5.60 Å². The third-order valence-electron chi connectivity index (χ3n) is 7.06. The number of hydrogen-bond donors (Lipinski definition) is 1. The summed E-state index contributed by atoms with van der Waals surface area (Å²) in [6.07, 6.45) is 5.07. The maximum atomic E-state index is 11.9. The monoisotopic (exact) mass is 391 g/mol. The largest absolute Gasteiger partial charge is 0.390 e. The van der Waals surface area contributed by atoms with Crippen LogP contribution in [0.3, 0.4) is 0 Å². The molecule has 0 saturated heterocycles. The van der Waals surface area contributed by atoms with Crippen LogP contribution in [-0.4, -0.2) is 15.5 Å². The van der Waals surface area contributed by atoms with Crippen molar-refractivity contribution in [2.24, 2.45) is 22.9 Å². The lowest BCUT2D eigenvalue weighted by Gasteiger charge is -2.64. The maximum absolute atomic E-state index is 11.9. The molecule has 4 saturated carbocycles. The fraction of sp³-hybridized carbons (Fsp3) is 0.478. The van der Waals surface area contributed by atoms with E-state index in [1.165, 1.54) is 11.3 Å². The van der Waals surface area contributed by atoms with Crippen LogP contribution < -0.4 is 0 Å². The van der Waals surface area contributed by atoms with Crippen molar-refractivity contribution >= 4 is 11.8 Å². The Labute approximate surface area is 170 Å². The van der Waals surface area contributed by atoms with Gasteiger partial charge in [-0.1, -0.05) is 53.6 Å². The normalized spacial score (nSPS) is 36.7. The molecule has 4 aliphatic carbocycles. The van der Waals surface area contributed by atoms with Gasteiger partial charge in [-0.2, -0.15) is 0 Å². The molecule has 6 unspecified atom stereocenters. The second-order valence-corrected chi connectivity index (χ2v) is 10.5. The van der Waals surface area contributed by atoms with Crippen molar-refractivity contribution in [3.05, 3.63) is 76.7 Å². The van der Waals surface area contributed by atoms with Crippen LogP contribution in [0.25, 0.3) is 10.4 Å². The molecule has 6 atom stereocenters. The van der Waals surface area contributed by atoms with Crippen LogP contribution in [0.1, 0.15) is 43.7 Å². The van der Waals surface area contributed by atoms with Gasteiger partial charge in [0.2, 0.25) is 0 Å². The highest BCUT2D eigenvalue weighted by molar-refractivity contribution is 8.00. The highest BCUT2D eigenvalue weighted by atomic mass is 32.2. The Kier molecular flexibility index (Phi) is 4.42. The van der Waals surface area contributed by atoms with Gasteiger partial charge in [0.05, 0.1) is 11.6 Å². The molecule has 144 valence electrons. The van der Waals surface area contributed by atoms with E-state index in [1.54, 1.807) is 0 Å². The topological polar surface area (TPSA) is 69.0 Å². The van der Waals surface area contributed by atoms with Gasteiger partial charge in [-0.3, -0.25) is 0 Å². The molecule has 4 aliphatic rings. The van der Waals surface area contributed by atoms with E-state index in [9.17, 15) is 10.6 Å². The molecular formula is C23H25N3OS. The van der Waals surface area contributed by atoms with Gasteiger partial charge in [-0.25, -0.2) is 0 Å². The Morgan fingerprint density at radius 3 is 2.43 bits per heavy atom. The summed E-state index contributed by atoms with van der Waals surface area (Å²) in [5.41, 5.74) is 9.53. The molecular weight excluding hydrogens is 366 g/mol. The zero-order chi connectivity index (χ0) is 19.2. The van der Waals surface area contributed by atoms with Crippen LogP contribution in [0.2, 0.25) is 0 Å². The molecule has 0 aliphatic heterocycles. The first-order valence-corrected chi connectivity index (χ1v) is 11.0. The summed E-state index contributed by atoms with van der Waals surface area (Å²) in [4.78, 5) is 4.46. The molecule has 2 aromatic rings. The zero-order valence-electron chi connectivity index (χ0n) is 15.8. The summed E-state index contributed by atoms with van der Waals surface area (Å²) in [6.45, 7) is 0. The van der Waals surface area contributed by atoms with Gasteiger partial charge in [-0.15, -0.1) is 11.8 Å². The molecule has 0 amide bonds. The predicted octanol–water partition coefficient (Wildman–Crippen LogP) is 6.14. The van der Waals surface area contributed by atoms with Gasteiger partial charge in [0.25, 0.3) is 0 Å². The molecule has 0 heterocycles. The smallest absolute Gasteiger partial charge is 0.0701 e. The second-order valence-electron chi connectivity index (χ2n) is 8.94. The van der Waals surface area contributed by atoms with Gasteiger partial charge in [0.15, 0.2) is 0 Å². The van der Waals surface area contributed by atoms with Crippen molar-refractivity contribution in [3.8, 4) is 0 Å². The minimum atomic E-state index is -0.749. The summed E-state index contributed by atoms with van der Waals surface area (Å²) < 4.78 is 0.107. The van der Waals surface area contributed by atoms with Gasteiger partial charge < -0.3 is 5.11 Å². The fourth-order valence-electron chi connectivity index (χ4n) is 6.54. The SMILES string of the molecule is [N-]=[N+]=NC(c1ccccc1)C1C2CC3CC(Sc4ccccc4)(C2)CC1(O)C3. The summed E-state index contributed by atoms with van der Waals surface area (Å²) in [5.74, 6) is 0.984. The number of aliphatic hydroxyl groups is 1. The summed E-state index contributed by atoms with van der Waals surface area (Å²) in [5, 5.41) is 16.1. The van der Waals surface area contributed by atoms with Crippen LogP contribution in [0.5, 0.6) is 0 Å². The molecule has 4 nitrogen and oxygen atoms in total. The quantitative estimate of drug-likeness (QED) is 0.378. The van der Waals surface area contributed by atoms with Crippen LogP contribution in [0.4, 0.5) is 0 Å². The van der Waals surface area contributed by atoms with Crippen LogP contribution in [0, 0.1) is 17.8 Å². The lowest BCUT2D eigenvalue weighted by molar-refractivity contribution is -0.169. The van der Waals surface area contributed by atoms with E-state index in [-0.39, 0.29) is 16.7 Å². The predicted molar refractivity (Wildman–Crippen MR) is 112 cm³/mol. The van der Waals surface area contributed by atoms with Crippen LogP contribution in [0.15, 0.2) is 70.7 Å². The highest BCUT2D eigenvalue weighted by Crippen LogP contribution is 2.67. The average Bonchev–Trinajstić information content (AvgIpc) is 2.67. The highest BCUT2D eigenvalue weighted by Gasteiger charge is 2.63. The molecule has 0 spiro atoms. The lowest BCUT2D eigenvalue weighted by Crippen LogP contribution is -2.63. The standard InChI is InChI=1S/C23H25N3OS/c24-26-25-21(17-7-3-1-4-8-17)20-18-11-16-12-22(14-18,15-23(20,27)13-16)28-19-9-5-2-6-10-19/h1-10,16,18,20-21,27H,11-15H2. The Balaban J connectivity index is 1.50. The summed E-state index contributed by atoms with van der Waals surface area (Å²) in [6, 6.07) is 20.3. The van der Waals surface area contributed by atoms with Crippen molar-refractivity contribution in [2.75, 3.05) is 0 Å². The number of nitrogens with zero attached hydrogens (tertiary/aromatic N) is 3. The lowest BCUT2D eigenvalue weighted by atomic mass is 9.47. The molecule has 28 heavy (non-hydrogen) atoms. The fourth-order valence-corrected chi connectivity index (χ4v) is 8.27. The van der Waals surface area contributed by atoms with Gasteiger partial charge in [-0.05, 0) is 67.2 Å². The zero-order valence-corrected chi connectivity index (χ0v) is 16.6. The number of azide groups is 1. The molecule has 6 rings (SSSR count). The first-order chi connectivity index (χ1) is 13.6. The number of benzene rings is 2. The summed E-state index contributed by atoms with van der Waals surface area (Å²) >= 11 is 1.96. The number of rotatable bonds is 5. The van der Waals surface area contributed by atoms with E-state index in [0.29, 0.717) is 11.8 Å². The second kappa shape index (κ2) is 6.84. The minimum Gasteiger partial charge on any atom is -0.390 e. The molecule has 0 aromatic heterocycles. The van der Waals surface area contributed by atoms with E-state index in [2.05, 4.69) is 40.4 Å². The van der Waals surface area contributed by atoms with E-state index >= 15 is 0 Å². The molecule has 5 heteroatoms. The Hall–Kier alpha value is -1.94. The molecule has 2 aromatic carbocycles. The van der Waals surface area contributed by atoms with E-state index in [1.807, 2.05) is 42.1 Å². The molecule has 1 N–H and O–H groups in total. The van der Waals surface area contributed by atoms with Gasteiger partial charge in [0.1, 0.15) is 0 Å². The Bertz CT molecular complexity index is 901. The third-order valence-corrected chi connectivity index (χ3v) is 8.48. The molecule has 0 radical (unpaired) electrons. The van der Waals surface area contributed by atoms with Crippen LogP contribution in [-0.2, 0) is 0 Å². The Morgan fingerprint density at radius 2 is 1.75 bits per heavy atom. The average molecular weight is 392 g/mol. The molecule has 4 fully saturated rings.